The van der Waals surface area contributed by atoms with Crippen LogP contribution in [0.1, 0.15) is 33.3 Å². The van der Waals surface area contributed by atoms with Crippen molar-refractivity contribution in [2.24, 2.45) is 5.92 Å². The molecule has 0 saturated carbocycles. The van der Waals surface area contributed by atoms with Crippen molar-refractivity contribution in [2.75, 3.05) is 13.1 Å². The van der Waals surface area contributed by atoms with Crippen LogP contribution in [0.15, 0.2) is 18.2 Å². The molecular formula is C19H29F2N3O4. The summed E-state index contributed by atoms with van der Waals surface area (Å²) < 4.78 is 26.7. The number of hydrogen-bond acceptors (Lipinski definition) is 4. The number of carbonyl (C=O) groups excluding carboxylic acids is 1. The summed E-state index contributed by atoms with van der Waals surface area (Å²) in [5, 5.41) is 27.3. The zero-order valence-corrected chi connectivity index (χ0v) is 16.6. The van der Waals surface area contributed by atoms with E-state index in [-0.39, 0.29) is 30.4 Å². The molecule has 0 radical (unpaired) electrons. The maximum absolute atomic E-state index is 13.4. The number of aliphatic hydroxyl groups excluding tert-OH is 1. The third kappa shape index (κ3) is 8.18. The molecule has 2 atom stereocenters. The highest BCUT2D eigenvalue weighted by atomic mass is 19.1. The second-order valence-electron chi connectivity index (χ2n) is 7.71. The van der Waals surface area contributed by atoms with Crippen molar-refractivity contribution in [1.82, 2.24) is 16.0 Å². The van der Waals surface area contributed by atoms with Crippen LogP contribution in [0.5, 0.6) is 0 Å². The van der Waals surface area contributed by atoms with E-state index in [1.165, 1.54) is 0 Å². The Morgan fingerprint density at radius 3 is 2.18 bits per heavy atom. The highest BCUT2D eigenvalue weighted by Crippen LogP contribution is 2.12. The van der Waals surface area contributed by atoms with Gasteiger partial charge in [0.2, 0.25) is 5.91 Å². The fourth-order valence-electron chi connectivity index (χ4n) is 2.52. The van der Waals surface area contributed by atoms with Gasteiger partial charge in [0.05, 0.1) is 17.7 Å². The number of halogens is 2. The van der Waals surface area contributed by atoms with Crippen molar-refractivity contribution in [1.29, 1.82) is 0 Å². The zero-order valence-electron chi connectivity index (χ0n) is 16.6. The second-order valence-corrected chi connectivity index (χ2v) is 7.71. The van der Waals surface area contributed by atoms with Gasteiger partial charge in [0, 0.05) is 19.2 Å². The monoisotopic (exact) mass is 401 g/mol. The summed E-state index contributed by atoms with van der Waals surface area (Å²) in [4.78, 5) is 23.3. The number of carboxylic acid groups (broad SMARTS) is 1. The molecule has 7 nitrogen and oxygen atoms in total. The Balaban J connectivity index is 2.77. The lowest BCUT2D eigenvalue weighted by atomic mass is 9.99. The summed E-state index contributed by atoms with van der Waals surface area (Å²) in [6.45, 7) is 7.59. The van der Waals surface area contributed by atoms with Crippen molar-refractivity contribution in [3.63, 3.8) is 0 Å². The third-order valence-electron chi connectivity index (χ3n) is 4.14. The molecule has 0 saturated heterocycles. The lowest BCUT2D eigenvalue weighted by Gasteiger charge is -2.29. The first-order chi connectivity index (χ1) is 12.9. The van der Waals surface area contributed by atoms with Gasteiger partial charge in [-0.15, -0.1) is 0 Å². The average Bonchev–Trinajstić information content (AvgIpc) is 2.55. The average molecular weight is 401 g/mol. The number of carbonyl (C=O) groups is 2. The Labute approximate surface area is 163 Å². The van der Waals surface area contributed by atoms with Crippen LogP contribution in [0.3, 0.4) is 0 Å². The third-order valence-corrected chi connectivity index (χ3v) is 4.14. The highest BCUT2D eigenvalue weighted by molar-refractivity contribution is 5.85. The lowest BCUT2D eigenvalue weighted by Crippen LogP contribution is -2.57. The quantitative estimate of drug-likeness (QED) is 0.409. The van der Waals surface area contributed by atoms with Gasteiger partial charge in [0.15, 0.2) is 0 Å². The predicted octanol–water partition coefficient (Wildman–Crippen LogP) is 1.64. The van der Waals surface area contributed by atoms with Crippen molar-refractivity contribution >= 4 is 12.0 Å². The molecule has 0 heterocycles. The van der Waals surface area contributed by atoms with E-state index in [1.54, 1.807) is 13.8 Å². The van der Waals surface area contributed by atoms with Gasteiger partial charge in [0.25, 0.3) is 0 Å². The maximum Gasteiger partial charge on any atom is 0.404 e. The lowest BCUT2D eigenvalue weighted by molar-refractivity contribution is -0.126. The van der Waals surface area contributed by atoms with Crippen LogP contribution >= 0.6 is 0 Å². The smallest absolute Gasteiger partial charge is 0.404 e. The van der Waals surface area contributed by atoms with Gasteiger partial charge in [-0.1, -0.05) is 13.8 Å². The van der Waals surface area contributed by atoms with E-state index in [4.69, 9.17) is 5.11 Å². The molecule has 0 unspecified atom stereocenters. The van der Waals surface area contributed by atoms with E-state index in [2.05, 4.69) is 16.0 Å². The molecule has 1 aromatic rings. The van der Waals surface area contributed by atoms with E-state index in [9.17, 15) is 23.5 Å². The van der Waals surface area contributed by atoms with Crippen LogP contribution in [0.25, 0.3) is 0 Å². The number of benzene rings is 1. The molecule has 158 valence electrons. The standard InChI is InChI=1S/C19H29F2N3O4/c1-11(2)9-22-17(26)19(3,4)23-10-16(25)15(24-18(27)28)7-12-5-13(20)8-14(21)6-12/h5-6,8,11,15-16,23-25H,7,9-10H2,1-4H3,(H,22,26)(H,27,28)/t15-,16+/m0/s1. The van der Waals surface area contributed by atoms with Crippen LogP contribution in [0.4, 0.5) is 13.6 Å². The maximum atomic E-state index is 13.4. The molecule has 0 spiro atoms. The van der Waals surface area contributed by atoms with Crippen molar-refractivity contribution in [2.45, 2.75) is 51.8 Å². The summed E-state index contributed by atoms with van der Waals surface area (Å²) in [5.41, 5.74) is -0.807. The van der Waals surface area contributed by atoms with E-state index < -0.39 is 35.4 Å². The predicted molar refractivity (Wildman–Crippen MR) is 101 cm³/mol. The summed E-state index contributed by atoms with van der Waals surface area (Å²) >= 11 is 0. The molecule has 1 aromatic carbocycles. The largest absolute Gasteiger partial charge is 0.465 e. The minimum atomic E-state index is -1.38. The summed E-state index contributed by atoms with van der Waals surface area (Å²) in [7, 11) is 0. The molecule has 0 fully saturated rings. The first-order valence-corrected chi connectivity index (χ1v) is 9.06. The first-order valence-electron chi connectivity index (χ1n) is 9.06. The Hall–Kier alpha value is -2.26. The number of nitrogens with one attached hydrogen (secondary N) is 3. The molecule has 28 heavy (non-hydrogen) atoms. The zero-order chi connectivity index (χ0) is 21.5. The molecular weight excluding hydrogens is 372 g/mol. The minimum absolute atomic E-state index is 0.106. The minimum Gasteiger partial charge on any atom is -0.465 e. The van der Waals surface area contributed by atoms with Gasteiger partial charge in [-0.25, -0.2) is 13.6 Å². The summed E-state index contributed by atoms with van der Waals surface area (Å²) in [6, 6.07) is 1.83. The molecule has 9 heteroatoms. The molecule has 0 aromatic heterocycles. The van der Waals surface area contributed by atoms with Crippen molar-refractivity contribution in [3.05, 3.63) is 35.4 Å². The van der Waals surface area contributed by atoms with Crippen molar-refractivity contribution in [3.8, 4) is 0 Å². The Morgan fingerprint density at radius 1 is 1.11 bits per heavy atom. The van der Waals surface area contributed by atoms with Gasteiger partial charge in [0.1, 0.15) is 11.6 Å². The molecule has 5 N–H and O–H groups in total. The SMILES string of the molecule is CC(C)CNC(=O)C(C)(C)NC[C@@H](O)[C@H](Cc1cc(F)cc(F)c1)NC(=O)O. The van der Waals surface area contributed by atoms with Crippen molar-refractivity contribution < 1.29 is 28.6 Å². The van der Waals surface area contributed by atoms with Crippen LogP contribution in [-0.2, 0) is 11.2 Å². The summed E-state index contributed by atoms with van der Waals surface area (Å²) in [6.07, 6.45) is -2.74. The van der Waals surface area contributed by atoms with E-state index in [0.29, 0.717) is 12.6 Å². The molecule has 1 rings (SSSR count). The van der Waals surface area contributed by atoms with E-state index in [0.717, 1.165) is 12.1 Å². The highest BCUT2D eigenvalue weighted by Gasteiger charge is 2.30. The number of rotatable bonds is 10. The topological polar surface area (TPSA) is 111 Å². The number of hydrogen-bond donors (Lipinski definition) is 5. The Morgan fingerprint density at radius 2 is 1.68 bits per heavy atom. The van der Waals surface area contributed by atoms with Gasteiger partial charge >= 0.3 is 6.09 Å². The molecule has 0 bridgehead atoms. The van der Waals surface area contributed by atoms with Gasteiger partial charge < -0.3 is 26.2 Å². The first kappa shape index (κ1) is 23.8. The number of β-amino-alcohol motifs (C(OH)–C–C–N with tert-alkyl or cyclic N) is 1. The van der Waals surface area contributed by atoms with Gasteiger partial charge in [-0.2, -0.15) is 0 Å². The van der Waals surface area contributed by atoms with Gasteiger partial charge in [-0.3, -0.25) is 4.79 Å². The van der Waals surface area contributed by atoms with Crippen LogP contribution in [-0.4, -0.2) is 53.0 Å². The number of aliphatic hydroxyl groups is 1. The van der Waals surface area contributed by atoms with Gasteiger partial charge in [-0.05, 0) is 43.9 Å². The number of amides is 2. The molecule has 2 amide bonds. The molecule has 0 aliphatic heterocycles. The fraction of sp³-hybridized carbons (Fsp3) is 0.579. The fourth-order valence-corrected chi connectivity index (χ4v) is 2.52. The Bertz CT molecular complexity index is 663. The van der Waals surface area contributed by atoms with E-state index >= 15 is 0 Å². The second kappa shape index (κ2) is 10.3. The van der Waals surface area contributed by atoms with Crippen LogP contribution < -0.4 is 16.0 Å². The van der Waals surface area contributed by atoms with Crippen LogP contribution in [0, 0.1) is 17.6 Å². The summed E-state index contributed by atoms with van der Waals surface area (Å²) in [5.74, 6) is -1.57. The van der Waals surface area contributed by atoms with E-state index in [1.807, 2.05) is 13.8 Å². The normalized spacial score (nSPS) is 13.9. The molecule has 0 aliphatic carbocycles. The molecule has 0 aliphatic rings. The Kier molecular flexibility index (Phi) is 8.77. The van der Waals surface area contributed by atoms with Crippen LogP contribution in [0.2, 0.25) is 0 Å².